The zero-order chi connectivity index (χ0) is 11.4. The van der Waals surface area contributed by atoms with E-state index in [-0.39, 0.29) is 0 Å². The molecule has 0 saturated heterocycles. The Morgan fingerprint density at radius 3 is 2.56 bits per heavy atom. The number of carbonyl (C=O) groups is 1. The average molecular weight is 228 g/mol. The zero-order valence-electron chi connectivity index (χ0n) is 8.31. The minimum absolute atomic E-state index is 0.295. The molecule has 0 amide bonds. The molecule has 0 bridgehead atoms. The summed E-state index contributed by atoms with van der Waals surface area (Å²) in [5.74, 6) is 4.88. The van der Waals surface area contributed by atoms with E-state index in [1.807, 2.05) is 30.3 Å². The van der Waals surface area contributed by atoms with Crippen LogP contribution < -0.4 is 0 Å². The van der Waals surface area contributed by atoms with Crippen molar-refractivity contribution in [2.75, 3.05) is 0 Å². The molecule has 78 valence electrons. The van der Waals surface area contributed by atoms with E-state index >= 15 is 0 Å². The van der Waals surface area contributed by atoms with Crippen LogP contribution in [0.5, 0.6) is 0 Å². The van der Waals surface area contributed by atoms with Crippen molar-refractivity contribution >= 4 is 17.3 Å². The maximum absolute atomic E-state index is 10.8. The van der Waals surface area contributed by atoms with E-state index in [9.17, 15) is 4.79 Å². The highest BCUT2D eigenvalue weighted by atomic mass is 32.1. The summed E-state index contributed by atoms with van der Waals surface area (Å²) in [6.45, 7) is 0. The molecule has 0 fully saturated rings. The minimum Gasteiger partial charge on any atom is -0.477 e. The number of carboxylic acid groups (broad SMARTS) is 1. The van der Waals surface area contributed by atoms with Crippen molar-refractivity contribution in [1.29, 1.82) is 0 Å². The first-order chi connectivity index (χ1) is 7.77. The molecule has 0 spiro atoms. The number of rotatable bonds is 1. The van der Waals surface area contributed by atoms with Crippen LogP contribution in [0.4, 0.5) is 0 Å². The summed E-state index contributed by atoms with van der Waals surface area (Å²) >= 11 is 1.19. The number of carboxylic acids is 1. The van der Waals surface area contributed by atoms with Gasteiger partial charge in [0.25, 0.3) is 0 Å². The van der Waals surface area contributed by atoms with Crippen molar-refractivity contribution in [1.82, 2.24) is 0 Å². The van der Waals surface area contributed by atoms with Gasteiger partial charge in [-0.25, -0.2) is 4.79 Å². The Balaban J connectivity index is 2.31. The highest BCUT2D eigenvalue weighted by Gasteiger charge is 2.08. The lowest BCUT2D eigenvalue weighted by Crippen LogP contribution is -1.94. The molecule has 1 heterocycles. The van der Waals surface area contributed by atoms with Gasteiger partial charge in [-0.05, 0) is 23.6 Å². The van der Waals surface area contributed by atoms with Gasteiger partial charge in [0.1, 0.15) is 4.88 Å². The molecular weight excluding hydrogens is 220 g/mol. The lowest BCUT2D eigenvalue weighted by Gasteiger charge is -1.89. The monoisotopic (exact) mass is 228 g/mol. The largest absolute Gasteiger partial charge is 0.477 e. The van der Waals surface area contributed by atoms with Gasteiger partial charge in [-0.1, -0.05) is 30.0 Å². The highest BCUT2D eigenvalue weighted by Crippen LogP contribution is 2.15. The van der Waals surface area contributed by atoms with Crippen molar-refractivity contribution in [3.63, 3.8) is 0 Å². The van der Waals surface area contributed by atoms with Gasteiger partial charge >= 0.3 is 5.97 Å². The lowest BCUT2D eigenvalue weighted by atomic mass is 10.2. The second-order valence-corrected chi connectivity index (χ2v) is 4.00. The second-order valence-electron chi connectivity index (χ2n) is 3.08. The zero-order valence-corrected chi connectivity index (χ0v) is 9.12. The maximum Gasteiger partial charge on any atom is 0.347 e. The minimum atomic E-state index is -0.924. The molecule has 0 atom stereocenters. The summed E-state index contributed by atoms with van der Waals surface area (Å²) in [5, 5.41) is 10.6. The van der Waals surface area contributed by atoms with Crippen LogP contribution in [0.2, 0.25) is 0 Å². The molecule has 2 nitrogen and oxygen atoms in total. The second kappa shape index (κ2) is 4.65. The fourth-order valence-electron chi connectivity index (χ4n) is 1.23. The first-order valence-electron chi connectivity index (χ1n) is 4.65. The predicted octanol–water partition coefficient (Wildman–Crippen LogP) is 2.85. The number of hydrogen-bond acceptors (Lipinski definition) is 2. The van der Waals surface area contributed by atoms with Gasteiger partial charge in [0.15, 0.2) is 0 Å². The third-order valence-corrected chi connectivity index (χ3v) is 2.88. The molecule has 1 aromatic carbocycles. The quantitative estimate of drug-likeness (QED) is 0.762. The molecular formula is C13H8O2S. The molecule has 2 aromatic rings. The van der Waals surface area contributed by atoms with Gasteiger partial charge in [-0.15, -0.1) is 11.3 Å². The summed E-state index contributed by atoms with van der Waals surface area (Å²) in [4.78, 5) is 11.1. The van der Waals surface area contributed by atoms with E-state index in [2.05, 4.69) is 11.8 Å². The van der Waals surface area contributed by atoms with E-state index in [0.717, 1.165) is 5.56 Å². The Hall–Kier alpha value is -2.05. The molecule has 3 heteroatoms. The van der Waals surface area contributed by atoms with E-state index in [1.54, 1.807) is 11.4 Å². The SMILES string of the molecule is O=C(O)c1sccc1C#Cc1ccccc1. The lowest BCUT2D eigenvalue weighted by molar-refractivity contribution is 0.0702. The number of benzene rings is 1. The van der Waals surface area contributed by atoms with Crippen LogP contribution in [0.25, 0.3) is 0 Å². The van der Waals surface area contributed by atoms with Crippen molar-refractivity contribution < 1.29 is 9.90 Å². The van der Waals surface area contributed by atoms with Crippen molar-refractivity contribution in [2.45, 2.75) is 0 Å². The van der Waals surface area contributed by atoms with Gasteiger partial charge in [0.2, 0.25) is 0 Å². The first-order valence-corrected chi connectivity index (χ1v) is 5.53. The average Bonchev–Trinajstić information content (AvgIpc) is 2.76. The molecule has 0 aliphatic carbocycles. The van der Waals surface area contributed by atoms with Crippen molar-refractivity contribution in [3.8, 4) is 11.8 Å². The van der Waals surface area contributed by atoms with Crippen LogP contribution in [0.3, 0.4) is 0 Å². The van der Waals surface area contributed by atoms with E-state index in [1.165, 1.54) is 11.3 Å². The molecule has 0 unspecified atom stereocenters. The molecule has 0 radical (unpaired) electrons. The van der Waals surface area contributed by atoms with Crippen molar-refractivity contribution in [2.24, 2.45) is 0 Å². The number of thiophene rings is 1. The van der Waals surface area contributed by atoms with E-state index in [0.29, 0.717) is 10.4 Å². The van der Waals surface area contributed by atoms with Gasteiger partial charge in [-0.3, -0.25) is 0 Å². The molecule has 1 N–H and O–H groups in total. The van der Waals surface area contributed by atoms with Crippen LogP contribution in [0.15, 0.2) is 41.8 Å². The summed E-state index contributed by atoms with van der Waals surface area (Å²) in [6.07, 6.45) is 0. The van der Waals surface area contributed by atoms with Gasteiger partial charge < -0.3 is 5.11 Å². The third kappa shape index (κ3) is 2.30. The molecule has 0 saturated carbocycles. The highest BCUT2D eigenvalue weighted by molar-refractivity contribution is 7.12. The molecule has 0 aliphatic heterocycles. The van der Waals surface area contributed by atoms with Gasteiger partial charge in [0, 0.05) is 5.56 Å². The third-order valence-electron chi connectivity index (χ3n) is 1.97. The molecule has 1 aromatic heterocycles. The fraction of sp³-hybridized carbons (Fsp3) is 0. The van der Waals surface area contributed by atoms with Crippen LogP contribution >= 0.6 is 11.3 Å². The summed E-state index contributed by atoms with van der Waals surface area (Å²) in [6, 6.07) is 11.2. The standard InChI is InChI=1S/C13H8O2S/c14-13(15)12-11(8-9-16-12)7-6-10-4-2-1-3-5-10/h1-5,8-9H,(H,14,15). The Kier molecular flexibility index (Phi) is 3.04. The Bertz CT molecular complexity index is 558. The Labute approximate surface area is 97.2 Å². The van der Waals surface area contributed by atoms with Crippen LogP contribution in [0.1, 0.15) is 20.8 Å². The first kappa shape index (κ1) is 10.5. The maximum atomic E-state index is 10.8. The van der Waals surface area contributed by atoms with Gasteiger partial charge in [0.05, 0.1) is 5.56 Å². The predicted molar refractivity (Wildman–Crippen MR) is 63.7 cm³/mol. The molecule has 2 rings (SSSR count). The number of hydrogen-bond donors (Lipinski definition) is 1. The molecule has 16 heavy (non-hydrogen) atoms. The van der Waals surface area contributed by atoms with Crippen molar-refractivity contribution in [3.05, 3.63) is 57.8 Å². The normalized spacial score (nSPS) is 9.25. The van der Waals surface area contributed by atoms with Gasteiger partial charge in [-0.2, -0.15) is 0 Å². The van der Waals surface area contributed by atoms with E-state index in [4.69, 9.17) is 5.11 Å². The molecule has 0 aliphatic rings. The number of aromatic carboxylic acids is 1. The summed E-state index contributed by atoms with van der Waals surface area (Å²) in [5.41, 5.74) is 1.45. The van der Waals surface area contributed by atoms with E-state index < -0.39 is 5.97 Å². The fourth-order valence-corrected chi connectivity index (χ4v) is 1.92. The van der Waals surface area contributed by atoms with Crippen LogP contribution in [0, 0.1) is 11.8 Å². The summed E-state index contributed by atoms with van der Waals surface area (Å²) in [7, 11) is 0. The Morgan fingerprint density at radius 2 is 1.88 bits per heavy atom. The van der Waals surface area contributed by atoms with Crippen LogP contribution in [-0.2, 0) is 0 Å². The topological polar surface area (TPSA) is 37.3 Å². The smallest absolute Gasteiger partial charge is 0.347 e. The Morgan fingerprint density at radius 1 is 1.12 bits per heavy atom. The summed E-state index contributed by atoms with van der Waals surface area (Å²) < 4.78 is 0. The van der Waals surface area contributed by atoms with Crippen LogP contribution in [-0.4, -0.2) is 11.1 Å².